The molecule has 0 amide bonds. The molecule has 0 spiro atoms. The number of nitrogens with two attached hydrogens (primary N) is 1. The third-order valence-electron chi connectivity index (χ3n) is 5.26. The minimum Gasteiger partial charge on any atom is -0.490 e. The Bertz CT molecular complexity index is 738. The molecule has 6 nitrogen and oxygen atoms in total. The summed E-state index contributed by atoms with van der Waals surface area (Å²) in [6, 6.07) is 4.61. The van der Waals surface area contributed by atoms with Crippen LogP contribution in [0, 0.1) is 6.92 Å². The molecule has 2 fully saturated rings. The zero-order chi connectivity index (χ0) is 17.2. The first-order valence-corrected chi connectivity index (χ1v) is 9.21. The molecule has 1 aromatic heterocycles. The van der Waals surface area contributed by atoms with Crippen molar-refractivity contribution in [2.75, 3.05) is 31.2 Å². The number of ether oxygens (including phenoxy) is 2. The molecule has 2 aromatic rings. The van der Waals surface area contributed by atoms with Crippen LogP contribution in [0.3, 0.4) is 0 Å². The maximum absolute atomic E-state index is 6.44. The number of anilines is 1. The van der Waals surface area contributed by atoms with E-state index >= 15 is 0 Å². The van der Waals surface area contributed by atoms with Gasteiger partial charge in [0.25, 0.3) is 0 Å². The summed E-state index contributed by atoms with van der Waals surface area (Å²) in [5.41, 5.74) is 9.08. The Morgan fingerprint density at radius 3 is 2.64 bits per heavy atom. The summed E-state index contributed by atoms with van der Waals surface area (Å²) in [6.45, 7) is 5.33. The van der Waals surface area contributed by atoms with Gasteiger partial charge in [0, 0.05) is 30.9 Å². The third kappa shape index (κ3) is 3.55. The first kappa shape index (κ1) is 16.5. The van der Waals surface area contributed by atoms with Crippen LogP contribution < -0.4 is 15.4 Å². The number of aromatic nitrogens is 2. The van der Waals surface area contributed by atoms with Gasteiger partial charge in [0.15, 0.2) is 0 Å². The van der Waals surface area contributed by atoms with Gasteiger partial charge in [-0.25, -0.2) is 9.97 Å². The molecular weight excluding hydrogens is 316 g/mol. The Morgan fingerprint density at radius 1 is 1.12 bits per heavy atom. The fourth-order valence-corrected chi connectivity index (χ4v) is 3.78. The zero-order valence-corrected chi connectivity index (χ0v) is 14.8. The van der Waals surface area contributed by atoms with Crippen LogP contribution in [-0.4, -0.2) is 48.4 Å². The minimum atomic E-state index is 0.225. The highest BCUT2D eigenvalue weighted by atomic mass is 16.5. The summed E-state index contributed by atoms with van der Waals surface area (Å²) in [6.07, 6.45) is 5.93. The first-order valence-electron chi connectivity index (χ1n) is 9.21. The van der Waals surface area contributed by atoms with E-state index in [1.807, 2.05) is 6.92 Å². The summed E-state index contributed by atoms with van der Waals surface area (Å²) in [5.74, 6) is 0.901. The molecule has 2 aliphatic rings. The van der Waals surface area contributed by atoms with Gasteiger partial charge < -0.3 is 20.1 Å². The fourth-order valence-electron chi connectivity index (χ4n) is 3.78. The smallest absolute Gasteiger partial charge is 0.133 e. The molecule has 0 atom stereocenters. The van der Waals surface area contributed by atoms with Crippen LogP contribution in [0.5, 0.6) is 5.75 Å². The average Bonchev–Trinajstić information content (AvgIpc) is 2.64. The van der Waals surface area contributed by atoms with E-state index in [4.69, 9.17) is 15.2 Å². The molecule has 134 valence electrons. The first-order chi connectivity index (χ1) is 12.2. The highest BCUT2D eigenvalue weighted by Crippen LogP contribution is 2.35. The van der Waals surface area contributed by atoms with E-state index in [1.54, 1.807) is 6.33 Å². The monoisotopic (exact) mass is 342 g/mol. The predicted octanol–water partition coefficient (Wildman–Crippen LogP) is 2.42. The number of fused-ring (bicyclic) bond motifs is 1. The molecule has 1 saturated carbocycles. The second-order valence-electron chi connectivity index (χ2n) is 7.05. The van der Waals surface area contributed by atoms with Crippen molar-refractivity contribution in [3.8, 4) is 5.75 Å². The van der Waals surface area contributed by atoms with Crippen molar-refractivity contribution in [3.63, 3.8) is 0 Å². The number of hydrogen-bond acceptors (Lipinski definition) is 6. The lowest BCUT2D eigenvalue weighted by Crippen LogP contribution is -2.36. The molecule has 0 unspecified atom stereocenters. The van der Waals surface area contributed by atoms with Crippen molar-refractivity contribution in [1.82, 2.24) is 9.97 Å². The van der Waals surface area contributed by atoms with E-state index in [0.717, 1.165) is 80.0 Å². The van der Waals surface area contributed by atoms with Crippen molar-refractivity contribution in [2.45, 2.75) is 44.8 Å². The lowest BCUT2D eigenvalue weighted by molar-refractivity contribution is 0.122. The summed E-state index contributed by atoms with van der Waals surface area (Å²) >= 11 is 0. The van der Waals surface area contributed by atoms with Crippen molar-refractivity contribution in [3.05, 3.63) is 24.2 Å². The van der Waals surface area contributed by atoms with Crippen LogP contribution in [0.1, 0.15) is 31.4 Å². The topological polar surface area (TPSA) is 73.5 Å². The molecule has 6 heteroatoms. The number of benzene rings is 1. The SMILES string of the molecule is Cc1ncnc2cc(N3CCOCC3)cc(OC3CCC(N)CC3)c12. The second-order valence-corrected chi connectivity index (χ2v) is 7.05. The molecular formula is C19H26N4O2. The predicted molar refractivity (Wildman–Crippen MR) is 98.2 cm³/mol. The van der Waals surface area contributed by atoms with Gasteiger partial charge in [-0.05, 0) is 38.7 Å². The van der Waals surface area contributed by atoms with Crippen LogP contribution >= 0.6 is 0 Å². The van der Waals surface area contributed by atoms with Gasteiger partial charge in [-0.3, -0.25) is 0 Å². The van der Waals surface area contributed by atoms with Crippen LogP contribution in [0.15, 0.2) is 18.5 Å². The van der Waals surface area contributed by atoms with E-state index in [-0.39, 0.29) is 6.10 Å². The van der Waals surface area contributed by atoms with Crippen LogP contribution in [-0.2, 0) is 4.74 Å². The van der Waals surface area contributed by atoms with Gasteiger partial charge in [-0.1, -0.05) is 0 Å². The number of aryl methyl sites for hydroxylation is 1. The van der Waals surface area contributed by atoms with E-state index in [9.17, 15) is 0 Å². The third-order valence-corrected chi connectivity index (χ3v) is 5.26. The Hall–Kier alpha value is -1.92. The van der Waals surface area contributed by atoms with Crippen molar-refractivity contribution >= 4 is 16.6 Å². The van der Waals surface area contributed by atoms with Crippen molar-refractivity contribution < 1.29 is 9.47 Å². The quantitative estimate of drug-likeness (QED) is 0.923. The number of hydrogen-bond donors (Lipinski definition) is 1. The average molecular weight is 342 g/mol. The normalized spacial score (nSPS) is 24.5. The largest absolute Gasteiger partial charge is 0.490 e. The van der Waals surface area contributed by atoms with E-state index in [0.29, 0.717) is 6.04 Å². The molecule has 1 aliphatic heterocycles. The maximum Gasteiger partial charge on any atom is 0.133 e. The van der Waals surface area contributed by atoms with E-state index < -0.39 is 0 Å². The summed E-state index contributed by atoms with van der Waals surface area (Å²) in [4.78, 5) is 11.2. The molecule has 4 rings (SSSR count). The molecule has 0 radical (unpaired) electrons. The van der Waals surface area contributed by atoms with E-state index in [1.165, 1.54) is 0 Å². The Labute approximate surface area is 148 Å². The minimum absolute atomic E-state index is 0.225. The lowest BCUT2D eigenvalue weighted by Gasteiger charge is -2.31. The fraction of sp³-hybridized carbons (Fsp3) is 0.579. The second kappa shape index (κ2) is 7.14. The zero-order valence-electron chi connectivity index (χ0n) is 14.8. The Kier molecular flexibility index (Phi) is 4.72. The van der Waals surface area contributed by atoms with Crippen molar-refractivity contribution in [1.29, 1.82) is 0 Å². The van der Waals surface area contributed by atoms with Gasteiger partial charge in [0.05, 0.1) is 35.9 Å². The molecule has 1 aromatic carbocycles. The summed E-state index contributed by atoms with van der Waals surface area (Å²) in [7, 11) is 0. The van der Waals surface area contributed by atoms with Crippen LogP contribution in [0.25, 0.3) is 10.9 Å². The molecule has 1 saturated heterocycles. The van der Waals surface area contributed by atoms with Crippen LogP contribution in [0.2, 0.25) is 0 Å². The van der Waals surface area contributed by atoms with Crippen LogP contribution in [0.4, 0.5) is 5.69 Å². The highest BCUT2D eigenvalue weighted by Gasteiger charge is 2.22. The van der Waals surface area contributed by atoms with Gasteiger partial charge in [0.2, 0.25) is 0 Å². The van der Waals surface area contributed by atoms with Gasteiger partial charge >= 0.3 is 0 Å². The number of morpholine rings is 1. The molecule has 0 bridgehead atoms. The standard InChI is InChI=1S/C19H26N4O2/c1-13-19-17(22-12-21-13)10-15(23-6-8-24-9-7-23)11-18(19)25-16-4-2-14(20)3-5-16/h10-12,14,16H,2-9,20H2,1H3. The lowest BCUT2D eigenvalue weighted by atomic mass is 9.93. The number of rotatable bonds is 3. The molecule has 2 N–H and O–H groups in total. The Morgan fingerprint density at radius 2 is 1.88 bits per heavy atom. The van der Waals surface area contributed by atoms with Gasteiger partial charge in [-0.15, -0.1) is 0 Å². The number of nitrogens with zero attached hydrogens (tertiary/aromatic N) is 3. The van der Waals surface area contributed by atoms with E-state index in [2.05, 4.69) is 27.0 Å². The summed E-state index contributed by atoms with van der Waals surface area (Å²) in [5, 5.41) is 1.02. The summed E-state index contributed by atoms with van der Waals surface area (Å²) < 4.78 is 11.9. The van der Waals surface area contributed by atoms with Crippen molar-refractivity contribution in [2.24, 2.45) is 5.73 Å². The molecule has 25 heavy (non-hydrogen) atoms. The Balaban J connectivity index is 1.69. The van der Waals surface area contributed by atoms with Gasteiger partial charge in [-0.2, -0.15) is 0 Å². The van der Waals surface area contributed by atoms with Gasteiger partial charge in [0.1, 0.15) is 12.1 Å². The molecule has 2 heterocycles. The molecule has 1 aliphatic carbocycles. The highest BCUT2D eigenvalue weighted by molar-refractivity contribution is 5.90. The maximum atomic E-state index is 6.44.